The van der Waals surface area contributed by atoms with Gasteiger partial charge in [-0.25, -0.2) is 9.97 Å². The van der Waals surface area contributed by atoms with Gasteiger partial charge in [0.2, 0.25) is 11.8 Å². The van der Waals surface area contributed by atoms with Crippen LogP contribution >= 0.6 is 23.5 Å². The number of rotatable bonds is 24. The molecule has 6 heterocycles. The first-order chi connectivity index (χ1) is 43.6. The van der Waals surface area contributed by atoms with Crippen LogP contribution in [0, 0.1) is 24.7 Å². The van der Waals surface area contributed by atoms with E-state index in [2.05, 4.69) is 143 Å². The third kappa shape index (κ3) is 19.0. The van der Waals surface area contributed by atoms with Gasteiger partial charge in [-0.15, -0.1) is 23.5 Å². The molecule has 0 radical (unpaired) electrons. The first kappa shape index (κ1) is 71.5. The number of fused-ring (bicyclic) bond motifs is 2. The zero-order valence-corrected chi connectivity index (χ0v) is 60.0. The first-order valence-corrected chi connectivity index (χ1v) is 32.9. The fourth-order valence-electron chi connectivity index (χ4n) is 10.4. The summed E-state index contributed by atoms with van der Waals surface area (Å²) in [7, 11) is 0. The molecule has 0 N–H and O–H groups in total. The maximum Gasteiger partial charge on any atom is 2.00 e. The van der Waals surface area contributed by atoms with E-state index >= 15 is 0 Å². The number of carboxylic acids is 2. The van der Waals surface area contributed by atoms with Crippen molar-refractivity contribution >= 4 is 95.0 Å². The van der Waals surface area contributed by atoms with Crippen LogP contribution in [-0.2, 0) is 48.7 Å². The SMILES string of the molecule is CCOc1ccc(-c2ccc(Cn3c(CC(C)(C)C(=O)[O-])c(SC(C)(C)C)c4cc(OCc5ccc(C)cn5)ccc43)cc2)cn1.CCOc1ccc(-c2ccc(Cn3c(CC(C)(C)C(=O)[O-])c(SC(C)(C)C)c4cc(OCc5ccc(C)cn5)ccc43)cc2)cn1.[Ca+2]. The second-order valence-electron chi connectivity index (χ2n) is 26.5. The smallest absolute Gasteiger partial charge is 0.550 e. The van der Waals surface area contributed by atoms with E-state index < -0.39 is 22.8 Å². The van der Waals surface area contributed by atoms with Crippen LogP contribution in [0.3, 0.4) is 0 Å². The standard InChI is InChI=1S/2C38H43N3O4S.Ca/c2*1-8-44-34-18-14-28(22-40-34)27-12-10-26(11-13-27)23-41-32-17-16-30(45-24-29-15-9-25(2)21-39-29)19-31(32)35(46-37(3,4)5)33(41)20-38(6,7)36(42)43;/h2*9-19,21-22H,8,20,23-24H2,1-7H3,(H,42,43);/q;;+2/p-2. The van der Waals surface area contributed by atoms with E-state index in [1.54, 1.807) is 51.2 Å². The monoisotopic (exact) mass is 1310 g/mol. The number of benzene rings is 4. The Labute approximate surface area is 586 Å². The molecule has 0 aliphatic heterocycles. The average molecular weight is 1310 g/mol. The summed E-state index contributed by atoms with van der Waals surface area (Å²) in [4.78, 5) is 44.4. The van der Waals surface area contributed by atoms with Crippen LogP contribution in [0.1, 0.15) is 128 Å². The molecule has 0 saturated carbocycles. The Morgan fingerprint density at radius 1 is 0.452 bits per heavy atom. The van der Waals surface area contributed by atoms with Crippen molar-refractivity contribution in [3.8, 4) is 45.5 Å². The quantitative estimate of drug-likeness (QED) is 0.0412. The predicted molar refractivity (Wildman–Crippen MR) is 372 cm³/mol. The van der Waals surface area contributed by atoms with E-state index in [0.29, 0.717) is 64.1 Å². The summed E-state index contributed by atoms with van der Waals surface area (Å²) in [5, 5.41) is 26.6. The minimum Gasteiger partial charge on any atom is -0.550 e. The summed E-state index contributed by atoms with van der Waals surface area (Å²) in [5.74, 6) is 0.555. The molecule has 0 fully saturated rings. The number of hydrogen-bond acceptors (Lipinski definition) is 14. The van der Waals surface area contributed by atoms with Gasteiger partial charge >= 0.3 is 37.7 Å². The van der Waals surface area contributed by atoms with Crippen molar-refractivity contribution in [3.63, 3.8) is 0 Å². The van der Waals surface area contributed by atoms with E-state index in [-0.39, 0.29) is 47.2 Å². The van der Waals surface area contributed by atoms with Gasteiger partial charge in [-0.3, -0.25) is 9.97 Å². The van der Waals surface area contributed by atoms with Gasteiger partial charge in [0.25, 0.3) is 0 Å². The topological polar surface area (TPSA) is 179 Å². The van der Waals surface area contributed by atoms with Gasteiger partial charge < -0.3 is 47.9 Å². The Morgan fingerprint density at radius 2 is 0.817 bits per heavy atom. The maximum atomic E-state index is 12.3. The molecule has 10 rings (SSSR count). The summed E-state index contributed by atoms with van der Waals surface area (Å²) >= 11 is 3.50. The van der Waals surface area contributed by atoms with Crippen molar-refractivity contribution in [2.75, 3.05) is 13.2 Å². The number of carboxylic acid groups (broad SMARTS) is 2. The van der Waals surface area contributed by atoms with Crippen molar-refractivity contribution in [1.29, 1.82) is 0 Å². The number of hydrogen-bond donors (Lipinski definition) is 0. The average Bonchev–Trinajstić information content (AvgIpc) is 1.62. The second kappa shape index (κ2) is 30.8. The molecule has 0 amide bonds. The first-order valence-electron chi connectivity index (χ1n) is 31.2. The number of aliphatic carboxylic acids is 2. The Bertz CT molecular complexity index is 3890. The van der Waals surface area contributed by atoms with Gasteiger partial charge in [-0.1, -0.05) is 130 Å². The van der Waals surface area contributed by atoms with Crippen LogP contribution in [0.25, 0.3) is 44.1 Å². The molecule has 0 spiro atoms. The minimum atomic E-state index is -1.07. The molecule has 480 valence electrons. The Kier molecular flexibility index (Phi) is 23.7. The molecule has 17 heteroatoms. The van der Waals surface area contributed by atoms with Crippen molar-refractivity contribution in [2.24, 2.45) is 10.8 Å². The van der Waals surface area contributed by atoms with Crippen LogP contribution in [0.4, 0.5) is 0 Å². The predicted octanol–water partition coefficient (Wildman–Crippen LogP) is 14.9. The van der Waals surface area contributed by atoms with Crippen LogP contribution in [-0.4, -0.2) is 101 Å². The van der Waals surface area contributed by atoms with Crippen LogP contribution in [0.5, 0.6) is 23.3 Å². The molecule has 0 bridgehead atoms. The molecular weight excluding hydrogens is 1230 g/mol. The zero-order valence-electron chi connectivity index (χ0n) is 56.1. The number of aromatic nitrogens is 6. The van der Waals surface area contributed by atoms with Gasteiger partial charge in [-0.2, -0.15) is 0 Å². The second-order valence-corrected chi connectivity index (χ2v) is 30.1. The fourth-order valence-corrected chi connectivity index (χ4v) is 12.8. The summed E-state index contributed by atoms with van der Waals surface area (Å²) < 4.78 is 27.7. The Hall–Kier alpha value is -7.34. The zero-order chi connectivity index (χ0) is 66.1. The summed E-state index contributed by atoms with van der Waals surface area (Å²) in [6.07, 6.45) is 7.97. The molecule has 0 aliphatic rings. The van der Waals surface area contributed by atoms with E-state index in [1.165, 1.54) is 0 Å². The molecule has 14 nitrogen and oxygen atoms in total. The van der Waals surface area contributed by atoms with Gasteiger partial charge in [0, 0.05) is 136 Å². The van der Waals surface area contributed by atoms with Gasteiger partial charge in [0.1, 0.15) is 24.7 Å². The van der Waals surface area contributed by atoms with Crippen LogP contribution in [0.15, 0.2) is 168 Å². The summed E-state index contributed by atoms with van der Waals surface area (Å²) in [6, 6.07) is 44.9. The van der Waals surface area contributed by atoms with Gasteiger partial charge in [0.05, 0.1) is 24.6 Å². The number of thioether (sulfide) groups is 2. The maximum absolute atomic E-state index is 12.3. The van der Waals surface area contributed by atoms with Gasteiger partial charge in [-0.05, 0) is 135 Å². The Balaban J connectivity index is 0.000000236. The summed E-state index contributed by atoms with van der Waals surface area (Å²) in [6.45, 7) is 30.9. The number of carbonyl (C=O) groups is 2. The third-order valence-electron chi connectivity index (χ3n) is 15.4. The minimum absolute atomic E-state index is 0. The Morgan fingerprint density at radius 3 is 1.12 bits per heavy atom. The van der Waals surface area contributed by atoms with E-state index in [0.717, 1.165) is 110 Å². The number of pyridine rings is 4. The normalized spacial score (nSPS) is 11.8. The van der Waals surface area contributed by atoms with Crippen LogP contribution in [0.2, 0.25) is 0 Å². The molecule has 0 aliphatic carbocycles. The number of ether oxygens (including phenoxy) is 4. The molecule has 4 aromatic carbocycles. The molecule has 6 aromatic heterocycles. The van der Waals surface area contributed by atoms with Gasteiger partial charge in [0.15, 0.2) is 0 Å². The molecule has 0 saturated heterocycles. The van der Waals surface area contributed by atoms with Crippen molar-refractivity contribution < 1.29 is 38.7 Å². The van der Waals surface area contributed by atoms with E-state index in [9.17, 15) is 19.8 Å². The fraction of sp³-hybridized carbons (Fsp3) is 0.342. The van der Waals surface area contributed by atoms with Crippen molar-refractivity contribution in [2.45, 2.75) is 155 Å². The molecule has 0 unspecified atom stereocenters. The summed E-state index contributed by atoms with van der Waals surface area (Å²) in [5.41, 5.74) is 12.1. The molecule has 10 aromatic rings. The molecule has 0 atom stereocenters. The van der Waals surface area contributed by atoms with Crippen molar-refractivity contribution in [3.05, 3.63) is 203 Å². The van der Waals surface area contributed by atoms with E-state index in [1.807, 2.05) is 113 Å². The molecule has 93 heavy (non-hydrogen) atoms. The number of aryl methyl sites for hydroxylation is 2. The van der Waals surface area contributed by atoms with Crippen molar-refractivity contribution in [1.82, 2.24) is 29.1 Å². The largest absolute Gasteiger partial charge is 2.00 e. The van der Waals surface area contributed by atoms with Crippen LogP contribution < -0.4 is 29.2 Å². The van der Waals surface area contributed by atoms with E-state index in [4.69, 9.17) is 18.9 Å². The third-order valence-corrected chi connectivity index (χ3v) is 17.9. The number of nitrogens with zero attached hydrogens (tertiary/aromatic N) is 6. The molecular formula is C76H84CaN6O8S2. The number of carbonyl (C=O) groups excluding carboxylic acids is 2.